The maximum absolute atomic E-state index is 13.0. The van der Waals surface area contributed by atoms with Gasteiger partial charge in [-0.25, -0.2) is 9.37 Å². The van der Waals surface area contributed by atoms with Gasteiger partial charge in [-0.1, -0.05) is 12.1 Å². The Labute approximate surface area is 185 Å². The van der Waals surface area contributed by atoms with Crippen LogP contribution in [0.15, 0.2) is 53.1 Å². The van der Waals surface area contributed by atoms with E-state index in [0.29, 0.717) is 30.4 Å². The lowest BCUT2D eigenvalue weighted by molar-refractivity contribution is 0.102. The molecular formula is C23H25FN4O4. The summed E-state index contributed by atoms with van der Waals surface area (Å²) >= 11 is 0. The highest BCUT2D eigenvalue weighted by molar-refractivity contribution is 6.02. The molecule has 0 atom stereocenters. The first kappa shape index (κ1) is 21.8. The van der Waals surface area contributed by atoms with Gasteiger partial charge in [-0.05, 0) is 30.3 Å². The molecule has 0 aliphatic carbocycles. The zero-order chi connectivity index (χ0) is 22.5. The van der Waals surface area contributed by atoms with Crippen LogP contribution in [0.5, 0.6) is 11.5 Å². The molecule has 0 radical (unpaired) electrons. The number of para-hydroxylation sites is 1. The van der Waals surface area contributed by atoms with Crippen LogP contribution in [0.3, 0.4) is 0 Å². The Bertz CT molecular complexity index is 1060. The maximum atomic E-state index is 13.0. The van der Waals surface area contributed by atoms with E-state index in [1.165, 1.54) is 37.6 Å². The third-order valence-corrected chi connectivity index (χ3v) is 5.41. The van der Waals surface area contributed by atoms with Gasteiger partial charge in [-0.3, -0.25) is 14.6 Å². The van der Waals surface area contributed by atoms with Crippen LogP contribution in [0.25, 0.3) is 0 Å². The average molecular weight is 440 g/mol. The summed E-state index contributed by atoms with van der Waals surface area (Å²) in [6.07, 6.45) is 1.33. The number of rotatable bonds is 7. The summed E-state index contributed by atoms with van der Waals surface area (Å²) in [6.45, 7) is 4.42. The van der Waals surface area contributed by atoms with Crippen LogP contribution < -0.4 is 10.1 Å². The van der Waals surface area contributed by atoms with Crippen molar-refractivity contribution >= 4 is 11.6 Å². The van der Waals surface area contributed by atoms with Crippen molar-refractivity contribution in [2.75, 3.05) is 38.6 Å². The van der Waals surface area contributed by atoms with Crippen molar-refractivity contribution < 1.29 is 23.4 Å². The van der Waals surface area contributed by atoms with Crippen molar-refractivity contribution in [1.29, 1.82) is 0 Å². The number of amides is 1. The molecule has 1 aliphatic heterocycles. The van der Waals surface area contributed by atoms with E-state index < -0.39 is 5.91 Å². The summed E-state index contributed by atoms with van der Waals surface area (Å²) < 4.78 is 23.6. The van der Waals surface area contributed by atoms with Gasteiger partial charge in [-0.15, -0.1) is 0 Å². The molecule has 2 aromatic carbocycles. The molecule has 168 valence electrons. The van der Waals surface area contributed by atoms with Crippen molar-refractivity contribution in [1.82, 2.24) is 14.8 Å². The molecule has 0 saturated carbocycles. The molecule has 0 bridgehead atoms. The highest BCUT2D eigenvalue weighted by atomic mass is 19.1. The lowest BCUT2D eigenvalue weighted by atomic mass is 10.1. The van der Waals surface area contributed by atoms with Crippen molar-refractivity contribution in [3.05, 3.63) is 71.7 Å². The largest absolute Gasteiger partial charge is 0.504 e. The van der Waals surface area contributed by atoms with Gasteiger partial charge in [0.2, 0.25) is 5.89 Å². The van der Waals surface area contributed by atoms with Gasteiger partial charge in [0.15, 0.2) is 17.2 Å². The second kappa shape index (κ2) is 9.80. The van der Waals surface area contributed by atoms with Crippen LogP contribution in [0.4, 0.5) is 10.1 Å². The molecule has 2 heterocycles. The monoisotopic (exact) mass is 440 g/mol. The summed E-state index contributed by atoms with van der Waals surface area (Å²) in [7, 11) is 1.54. The number of phenolic OH excluding ortho intramolecular Hbond substituents is 1. The van der Waals surface area contributed by atoms with Crippen LogP contribution >= 0.6 is 0 Å². The number of anilines is 1. The van der Waals surface area contributed by atoms with Crippen molar-refractivity contribution in [3.63, 3.8) is 0 Å². The van der Waals surface area contributed by atoms with E-state index in [1.807, 2.05) is 12.1 Å². The number of nitrogens with zero attached hydrogens (tertiary/aromatic N) is 3. The van der Waals surface area contributed by atoms with E-state index in [9.17, 15) is 14.3 Å². The van der Waals surface area contributed by atoms with E-state index >= 15 is 0 Å². The summed E-state index contributed by atoms with van der Waals surface area (Å²) in [4.78, 5) is 21.1. The number of halogens is 1. The Kier molecular flexibility index (Phi) is 6.67. The first-order valence-electron chi connectivity index (χ1n) is 10.3. The van der Waals surface area contributed by atoms with Gasteiger partial charge < -0.3 is 19.6 Å². The van der Waals surface area contributed by atoms with Crippen molar-refractivity contribution in [2.45, 2.75) is 13.1 Å². The van der Waals surface area contributed by atoms with E-state index in [0.717, 1.165) is 31.7 Å². The third-order valence-electron chi connectivity index (χ3n) is 5.41. The molecule has 0 spiro atoms. The first-order valence-corrected chi connectivity index (χ1v) is 10.3. The molecular weight excluding hydrogens is 415 g/mol. The van der Waals surface area contributed by atoms with Gasteiger partial charge >= 0.3 is 0 Å². The molecule has 8 nitrogen and oxygen atoms in total. The molecule has 4 rings (SSSR count). The molecule has 1 saturated heterocycles. The minimum absolute atomic E-state index is 0.177. The number of piperazine rings is 1. The fraction of sp³-hybridized carbons (Fsp3) is 0.304. The van der Waals surface area contributed by atoms with Crippen LogP contribution in [0.1, 0.15) is 21.9 Å². The van der Waals surface area contributed by atoms with Crippen molar-refractivity contribution in [2.24, 2.45) is 0 Å². The zero-order valence-electron chi connectivity index (χ0n) is 17.8. The third kappa shape index (κ3) is 5.24. The zero-order valence-corrected chi connectivity index (χ0v) is 17.8. The predicted octanol–water partition coefficient (Wildman–Crippen LogP) is 3.10. The minimum atomic E-state index is -0.408. The van der Waals surface area contributed by atoms with Crippen LogP contribution in [0.2, 0.25) is 0 Å². The number of methoxy groups -OCH3 is 1. The fourth-order valence-electron chi connectivity index (χ4n) is 3.61. The first-order chi connectivity index (χ1) is 15.5. The summed E-state index contributed by atoms with van der Waals surface area (Å²) in [5, 5.41) is 13.0. The number of carbonyl (C=O) groups excluding carboxylic acids is 1. The second-order valence-electron chi connectivity index (χ2n) is 7.61. The highest BCUT2D eigenvalue weighted by Gasteiger charge is 2.21. The maximum Gasteiger partial charge on any atom is 0.277 e. The predicted molar refractivity (Wildman–Crippen MR) is 116 cm³/mol. The Hall–Kier alpha value is -3.43. The standard InChI is InChI=1S/C23H25FN4O4/c1-31-20-4-2-3-16(22(20)29)13-27-9-11-28(12-10-27)14-21-26-19(15-32-21)23(30)25-18-7-5-17(24)6-8-18/h2-8,15,29H,9-14H2,1H3,(H,25,30). The molecule has 2 N–H and O–H groups in total. The van der Waals surface area contributed by atoms with Gasteiger partial charge in [0.25, 0.3) is 5.91 Å². The van der Waals surface area contributed by atoms with Gasteiger partial charge in [0.1, 0.15) is 12.1 Å². The van der Waals surface area contributed by atoms with E-state index in [-0.39, 0.29) is 17.3 Å². The van der Waals surface area contributed by atoms with E-state index in [4.69, 9.17) is 9.15 Å². The van der Waals surface area contributed by atoms with Crippen LogP contribution in [-0.2, 0) is 13.1 Å². The summed E-state index contributed by atoms with van der Waals surface area (Å²) in [5.41, 5.74) is 1.50. The minimum Gasteiger partial charge on any atom is -0.504 e. The molecule has 1 fully saturated rings. The molecule has 0 unspecified atom stereocenters. The Morgan fingerprint density at radius 1 is 1.12 bits per heavy atom. The Morgan fingerprint density at radius 3 is 2.50 bits per heavy atom. The smallest absolute Gasteiger partial charge is 0.277 e. The molecule has 1 aromatic heterocycles. The Morgan fingerprint density at radius 2 is 1.81 bits per heavy atom. The molecule has 1 amide bonds. The normalized spacial score (nSPS) is 14.9. The number of phenols is 1. The number of carbonyl (C=O) groups is 1. The second-order valence-corrected chi connectivity index (χ2v) is 7.61. The fourth-order valence-corrected chi connectivity index (χ4v) is 3.61. The quantitative estimate of drug-likeness (QED) is 0.583. The Balaban J connectivity index is 1.27. The van der Waals surface area contributed by atoms with Gasteiger partial charge in [0.05, 0.1) is 13.7 Å². The number of aromatic nitrogens is 1. The van der Waals surface area contributed by atoms with Crippen LogP contribution in [0, 0.1) is 5.82 Å². The molecule has 32 heavy (non-hydrogen) atoms. The number of oxazole rings is 1. The highest BCUT2D eigenvalue weighted by Crippen LogP contribution is 2.30. The number of benzene rings is 2. The number of hydrogen-bond donors (Lipinski definition) is 2. The van der Waals surface area contributed by atoms with Gasteiger partial charge in [0, 0.05) is 44.0 Å². The lowest BCUT2D eigenvalue weighted by Gasteiger charge is -2.34. The van der Waals surface area contributed by atoms with E-state index in [1.54, 1.807) is 6.07 Å². The molecule has 9 heteroatoms. The molecule has 1 aliphatic rings. The van der Waals surface area contributed by atoms with E-state index in [2.05, 4.69) is 20.1 Å². The average Bonchev–Trinajstić information content (AvgIpc) is 3.27. The SMILES string of the molecule is COc1cccc(CN2CCN(Cc3nc(C(=O)Nc4ccc(F)cc4)co3)CC2)c1O. The van der Waals surface area contributed by atoms with Crippen molar-refractivity contribution in [3.8, 4) is 11.5 Å². The topological polar surface area (TPSA) is 91.1 Å². The van der Waals surface area contributed by atoms with Gasteiger partial charge in [-0.2, -0.15) is 0 Å². The molecule has 3 aromatic rings. The summed E-state index contributed by atoms with van der Waals surface area (Å²) in [5.74, 6) is 0.350. The number of ether oxygens (including phenoxy) is 1. The summed E-state index contributed by atoms with van der Waals surface area (Å²) in [6, 6.07) is 11.0. The number of aromatic hydroxyl groups is 1. The number of nitrogens with one attached hydrogen (secondary N) is 1. The number of hydrogen-bond acceptors (Lipinski definition) is 7. The lowest BCUT2D eigenvalue weighted by Crippen LogP contribution is -2.45. The van der Waals surface area contributed by atoms with Crippen LogP contribution in [-0.4, -0.2) is 59.1 Å².